The van der Waals surface area contributed by atoms with Gasteiger partial charge < -0.3 is 13.9 Å². The van der Waals surface area contributed by atoms with E-state index < -0.39 is 17.4 Å². The van der Waals surface area contributed by atoms with Crippen molar-refractivity contribution < 1.29 is 23.5 Å². The van der Waals surface area contributed by atoms with E-state index in [0.717, 1.165) is 0 Å². The van der Waals surface area contributed by atoms with Gasteiger partial charge in [-0.1, -0.05) is 27.7 Å². The van der Waals surface area contributed by atoms with Crippen molar-refractivity contribution in [3.63, 3.8) is 0 Å². The number of esters is 2. The lowest BCUT2D eigenvalue weighted by molar-refractivity contribution is 0.0585. The Labute approximate surface area is 123 Å². The Morgan fingerprint density at radius 2 is 1.19 bits per heavy atom. The Hall–Kier alpha value is -2.11. The van der Waals surface area contributed by atoms with E-state index >= 15 is 0 Å². The second-order valence-electron chi connectivity index (χ2n) is 5.20. The molecule has 0 saturated carbocycles. The number of rotatable bonds is 4. The van der Waals surface area contributed by atoms with Gasteiger partial charge in [0.25, 0.3) is 0 Å². The molecule has 0 spiro atoms. The summed E-state index contributed by atoms with van der Waals surface area (Å²) < 4.78 is 14.9. The van der Waals surface area contributed by atoms with Crippen LogP contribution in [0.3, 0.4) is 0 Å². The summed E-state index contributed by atoms with van der Waals surface area (Å²) in [5.41, 5.74) is -1.22. The van der Waals surface area contributed by atoms with Crippen molar-refractivity contribution in [2.24, 2.45) is 0 Å². The van der Waals surface area contributed by atoms with Crippen LogP contribution < -0.4 is 5.43 Å². The Kier molecular flexibility index (Phi) is 5.29. The highest BCUT2D eigenvalue weighted by Gasteiger charge is 2.30. The van der Waals surface area contributed by atoms with E-state index in [1.165, 1.54) is 14.2 Å². The maximum absolute atomic E-state index is 12.6. The van der Waals surface area contributed by atoms with Gasteiger partial charge in [-0.05, 0) is 0 Å². The highest BCUT2D eigenvalue weighted by atomic mass is 16.5. The van der Waals surface area contributed by atoms with Crippen molar-refractivity contribution in [1.29, 1.82) is 0 Å². The molecule has 0 atom stereocenters. The van der Waals surface area contributed by atoms with Crippen LogP contribution in [0.5, 0.6) is 0 Å². The van der Waals surface area contributed by atoms with E-state index in [2.05, 4.69) is 9.47 Å². The first-order chi connectivity index (χ1) is 9.76. The number of ether oxygens (including phenoxy) is 2. The minimum atomic E-state index is -0.826. The third kappa shape index (κ3) is 3.15. The molecule has 0 radical (unpaired) electrons. The summed E-state index contributed by atoms with van der Waals surface area (Å²) in [6, 6.07) is 0. The van der Waals surface area contributed by atoms with Crippen molar-refractivity contribution in [3.8, 4) is 0 Å². The molecule has 0 aliphatic rings. The fourth-order valence-corrected chi connectivity index (χ4v) is 1.97. The molecule has 1 rings (SSSR count). The zero-order valence-corrected chi connectivity index (χ0v) is 13.1. The van der Waals surface area contributed by atoms with Crippen LogP contribution in [0.25, 0.3) is 0 Å². The molecular formula is C15H20O6. The van der Waals surface area contributed by atoms with E-state index in [1.807, 2.05) is 0 Å². The van der Waals surface area contributed by atoms with Gasteiger partial charge in [0.15, 0.2) is 0 Å². The molecule has 1 aromatic rings. The summed E-state index contributed by atoms with van der Waals surface area (Å²) in [5.74, 6) is -1.65. The van der Waals surface area contributed by atoms with Crippen LogP contribution in [-0.2, 0) is 9.47 Å². The van der Waals surface area contributed by atoms with Crippen LogP contribution in [0.15, 0.2) is 9.21 Å². The van der Waals surface area contributed by atoms with E-state index in [-0.39, 0.29) is 34.5 Å². The lowest BCUT2D eigenvalue weighted by Crippen LogP contribution is -2.28. The third-order valence-electron chi connectivity index (χ3n) is 2.99. The Morgan fingerprint density at radius 1 is 0.857 bits per heavy atom. The molecule has 0 amide bonds. The summed E-state index contributed by atoms with van der Waals surface area (Å²) in [6.07, 6.45) is 0. The summed E-state index contributed by atoms with van der Waals surface area (Å²) in [7, 11) is 2.33. The summed E-state index contributed by atoms with van der Waals surface area (Å²) in [6.45, 7) is 7.14. The smallest absolute Gasteiger partial charge is 0.345 e. The first-order valence-corrected chi connectivity index (χ1v) is 6.63. The van der Waals surface area contributed by atoms with Gasteiger partial charge in [-0.25, -0.2) is 9.59 Å². The molecule has 0 saturated heterocycles. The Morgan fingerprint density at radius 3 is 1.43 bits per heavy atom. The van der Waals surface area contributed by atoms with Crippen molar-refractivity contribution in [3.05, 3.63) is 32.9 Å². The van der Waals surface area contributed by atoms with Gasteiger partial charge in [0.05, 0.1) is 14.2 Å². The fourth-order valence-electron chi connectivity index (χ4n) is 1.97. The number of methoxy groups -OCH3 is 2. The summed E-state index contributed by atoms with van der Waals surface area (Å²) in [5, 5.41) is 0. The second kappa shape index (κ2) is 6.56. The number of carbonyl (C=O) groups is 2. The molecule has 0 fully saturated rings. The quantitative estimate of drug-likeness (QED) is 0.794. The minimum absolute atomic E-state index is 0.211. The molecule has 0 bridgehead atoms. The average molecular weight is 296 g/mol. The van der Waals surface area contributed by atoms with Gasteiger partial charge in [0.1, 0.15) is 22.6 Å². The molecule has 0 aromatic carbocycles. The Bertz CT molecular complexity index is 560. The third-order valence-corrected chi connectivity index (χ3v) is 2.99. The maximum atomic E-state index is 12.6. The second-order valence-corrected chi connectivity index (χ2v) is 5.20. The average Bonchev–Trinajstić information content (AvgIpc) is 2.44. The predicted octanol–water partition coefficient (Wildman–Crippen LogP) is 2.46. The van der Waals surface area contributed by atoms with Gasteiger partial charge in [-0.15, -0.1) is 0 Å². The molecule has 0 aliphatic heterocycles. The molecule has 1 heterocycles. The van der Waals surface area contributed by atoms with Crippen LogP contribution in [0.4, 0.5) is 0 Å². The molecule has 1 aromatic heterocycles. The first-order valence-electron chi connectivity index (χ1n) is 6.63. The maximum Gasteiger partial charge on any atom is 0.345 e. The van der Waals surface area contributed by atoms with Gasteiger partial charge in [0.2, 0.25) is 5.43 Å². The zero-order chi connectivity index (χ0) is 16.3. The number of hydrogen-bond acceptors (Lipinski definition) is 6. The molecule has 0 unspecified atom stereocenters. The lowest BCUT2D eigenvalue weighted by Gasteiger charge is -2.16. The lowest BCUT2D eigenvalue weighted by atomic mass is 9.98. The normalized spacial score (nSPS) is 10.9. The van der Waals surface area contributed by atoms with E-state index in [9.17, 15) is 14.4 Å². The zero-order valence-electron chi connectivity index (χ0n) is 13.1. The van der Waals surface area contributed by atoms with Crippen LogP contribution in [-0.4, -0.2) is 26.2 Å². The molecule has 6 heteroatoms. The van der Waals surface area contributed by atoms with Crippen LogP contribution in [0.2, 0.25) is 0 Å². The molecule has 116 valence electrons. The van der Waals surface area contributed by atoms with Crippen molar-refractivity contribution >= 4 is 11.9 Å². The topological polar surface area (TPSA) is 82.8 Å². The summed E-state index contributed by atoms with van der Waals surface area (Å²) in [4.78, 5) is 36.3. The van der Waals surface area contributed by atoms with Crippen LogP contribution in [0.1, 0.15) is 71.8 Å². The van der Waals surface area contributed by atoms with Gasteiger partial charge in [-0.3, -0.25) is 4.79 Å². The van der Waals surface area contributed by atoms with Crippen molar-refractivity contribution in [2.45, 2.75) is 39.5 Å². The summed E-state index contributed by atoms with van der Waals surface area (Å²) >= 11 is 0. The van der Waals surface area contributed by atoms with Crippen LogP contribution in [0, 0.1) is 0 Å². The fraction of sp³-hybridized carbons (Fsp3) is 0.533. The minimum Gasteiger partial charge on any atom is -0.465 e. The molecule has 21 heavy (non-hydrogen) atoms. The van der Waals surface area contributed by atoms with Gasteiger partial charge in [0, 0.05) is 11.8 Å². The Balaban J connectivity index is 3.85. The first kappa shape index (κ1) is 16.9. The predicted molar refractivity (Wildman–Crippen MR) is 75.8 cm³/mol. The van der Waals surface area contributed by atoms with E-state index in [1.54, 1.807) is 27.7 Å². The van der Waals surface area contributed by atoms with E-state index in [4.69, 9.17) is 4.42 Å². The number of carbonyl (C=O) groups excluding carboxylic acids is 2. The highest BCUT2D eigenvalue weighted by Crippen LogP contribution is 2.26. The molecule has 6 nitrogen and oxygen atoms in total. The SMILES string of the molecule is COC(=O)c1c(C(C)C)oc(C(C)C)c(C(=O)OC)c1=O. The van der Waals surface area contributed by atoms with E-state index in [0.29, 0.717) is 0 Å². The van der Waals surface area contributed by atoms with Gasteiger partial charge >= 0.3 is 11.9 Å². The monoisotopic (exact) mass is 296 g/mol. The molecule has 0 N–H and O–H groups in total. The molecular weight excluding hydrogens is 276 g/mol. The standard InChI is InChI=1S/C15H20O6/c1-7(2)12-9(14(17)19-5)11(16)10(15(18)20-6)13(21-12)8(3)4/h7-8H,1-6H3. The van der Waals surface area contributed by atoms with Crippen LogP contribution >= 0.6 is 0 Å². The largest absolute Gasteiger partial charge is 0.465 e. The van der Waals surface area contributed by atoms with Crippen molar-refractivity contribution in [2.75, 3.05) is 14.2 Å². The molecule has 0 aliphatic carbocycles. The highest BCUT2D eigenvalue weighted by molar-refractivity contribution is 5.96. The number of hydrogen-bond donors (Lipinski definition) is 0. The van der Waals surface area contributed by atoms with Gasteiger partial charge in [-0.2, -0.15) is 0 Å². The van der Waals surface area contributed by atoms with Crippen molar-refractivity contribution in [1.82, 2.24) is 0 Å².